The van der Waals surface area contributed by atoms with Gasteiger partial charge in [0, 0.05) is 36.7 Å². The van der Waals surface area contributed by atoms with Gasteiger partial charge in [-0.1, -0.05) is 32.6 Å². The van der Waals surface area contributed by atoms with Gasteiger partial charge in [0.05, 0.1) is 0 Å². The Labute approximate surface area is 117 Å². The van der Waals surface area contributed by atoms with Crippen LogP contribution in [0, 0.1) is 5.92 Å². The SMILES string of the molecule is CCCC1CCCC(CN)(N2CCSCC2)CC1. The fraction of sp³-hybridized carbons (Fsp3) is 1.00. The highest BCUT2D eigenvalue weighted by Crippen LogP contribution is 2.36. The van der Waals surface area contributed by atoms with Gasteiger partial charge in [0.15, 0.2) is 0 Å². The first-order chi connectivity index (χ1) is 8.80. The van der Waals surface area contributed by atoms with Gasteiger partial charge in [-0.2, -0.15) is 11.8 Å². The van der Waals surface area contributed by atoms with E-state index in [0.29, 0.717) is 5.54 Å². The number of nitrogens with zero attached hydrogens (tertiary/aromatic N) is 1. The first-order valence-corrected chi connectivity index (χ1v) is 8.99. The smallest absolute Gasteiger partial charge is 0.0332 e. The molecule has 0 amide bonds. The van der Waals surface area contributed by atoms with Crippen LogP contribution in [0.1, 0.15) is 51.9 Å². The second-order valence-corrected chi connectivity index (χ2v) is 7.34. The minimum Gasteiger partial charge on any atom is -0.329 e. The molecule has 2 unspecified atom stereocenters. The highest BCUT2D eigenvalue weighted by atomic mass is 32.2. The summed E-state index contributed by atoms with van der Waals surface area (Å²) in [4.78, 5) is 2.73. The summed E-state index contributed by atoms with van der Waals surface area (Å²) in [6, 6.07) is 0. The largest absolute Gasteiger partial charge is 0.329 e. The second-order valence-electron chi connectivity index (χ2n) is 6.11. The Kier molecular flexibility index (Phi) is 5.84. The maximum absolute atomic E-state index is 6.21. The van der Waals surface area contributed by atoms with Crippen molar-refractivity contribution in [3.05, 3.63) is 0 Å². The molecule has 106 valence electrons. The predicted molar refractivity (Wildman–Crippen MR) is 82.2 cm³/mol. The Hall–Kier alpha value is 0.270. The third kappa shape index (κ3) is 3.43. The van der Waals surface area contributed by atoms with Crippen LogP contribution in [-0.4, -0.2) is 41.6 Å². The van der Waals surface area contributed by atoms with E-state index in [-0.39, 0.29) is 0 Å². The molecule has 2 N–H and O–H groups in total. The lowest BCUT2D eigenvalue weighted by Gasteiger charge is -2.45. The van der Waals surface area contributed by atoms with Crippen molar-refractivity contribution >= 4 is 11.8 Å². The monoisotopic (exact) mass is 270 g/mol. The van der Waals surface area contributed by atoms with Crippen molar-refractivity contribution in [3.63, 3.8) is 0 Å². The highest BCUT2D eigenvalue weighted by Gasteiger charge is 2.37. The van der Waals surface area contributed by atoms with Crippen LogP contribution in [0.25, 0.3) is 0 Å². The molecule has 1 saturated carbocycles. The molecule has 3 heteroatoms. The third-order valence-electron chi connectivity index (χ3n) is 5.03. The number of hydrogen-bond acceptors (Lipinski definition) is 3. The van der Waals surface area contributed by atoms with Crippen molar-refractivity contribution in [2.45, 2.75) is 57.4 Å². The molecule has 1 aliphatic carbocycles. The van der Waals surface area contributed by atoms with Gasteiger partial charge in [0.2, 0.25) is 0 Å². The molecule has 2 aliphatic rings. The van der Waals surface area contributed by atoms with E-state index >= 15 is 0 Å². The van der Waals surface area contributed by atoms with Crippen molar-refractivity contribution in [2.24, 2.45) is 11.7 Å². The molecule has 2 fully saturated rings. The Balaban J connectivity index is 1.98. The van der Waals surface area contributed by atoms with E-state index in [1.54, 1.807) is 0 Å². The zero-order valence-corrected chi connectivity index (χ0v) is 12.8. The summed E-state index contributed by atoms with van der Waals surface area (Å²) >= 11 is 2.10. The summed E-state index contributed by atoms with van der Waals surface area (Å²) in [5.74, 6) is 3.59. The fourth-order valence-corrected chi connectivity index (χ4v) is 4.75. The van der Waals surface area contributed by atoms with Crippen molar-refractivity contribution < 1.29 is 0 Å². The Bertz CT molecular complexity index is 241. The van der Waals surface area contributed by atoms with Crippen LogP contribution in [0.3, 0.4) is 0 Å². The Morgan fingerprint density at radius 2 is 2.00 bits per heavy atom. The summed E-state index contributed by atoms with van der Waals surface area (Å²) < 4.78 is 0. The van der Waals surface area contributed by atoms with Crippen molar-refractivity contribution in [1.29, 1.82) is 0 Å². The summed E-state index contributed by atoms with van der Waals surface area (Å²) in [6.45, 7) is 5.72. The number of nitrogens with two attached hydrogens (primary N) is 1. The number of rotatable bonds is 4. The molecule has 1 aliphatic heterocycles. The minimum atomic E-state index is 0.351. The zero-order chi connectivity index (χ0) is 12.8. The average molecular weight is 270 g/mol. The highest BCUT2D eigenvalue weighted by molar-refractivity contribution is 7.99. The van der Waals surface area contributed by atoms with Gasteiger partial charge in [-0.05, 0) is 25.2 Å². The van der Waals surface area contributed by atoms with Gasteiger partial charge in [0.25, 0.3) is 0 Å². The molecule has 0 aromatic carbocycles. The molecule has 0 aromatic heterocycles. The summed E-state index contributed by atoms with van der Waals surface area (Å²) in [5.41, 5.74) is 6.56. The van der Waals surface area contributed by atoms with Crippen LogP contribution in [0.2, 0.25) is 0 Å². The van der Waals surface area contributed by atoms with Gasteiger partial charge in [-0.15, -0.1) is 0 Å². The van der Waals surface area contributed by atoms with Gasteiger partial charge < -0.3 is 5.73 Å². The van der Waals surface area contributed by atoms with Crippen molar-refractivity contribution in [3.8, 4) is 0 Å². The molecular formula is C15H30N2S. The molecule has 2 rings (SSSR count). The van der Waals surface area contributed by atoms with E-state index in [2.05, 4.69) is 23.6 Å². The maximum atomic E-state index is 6.21. The lowest BCUT2D eigenvalue weighted by Crippen LogP contribution is -2.56. The van der Waals surface area contributed by atoms with E-state index in [1.807, 2.05) is 0 Å². The molecule has 18 heavy (non-hydrogen) atoms. The lowest BCUT2D eigenvalue weighted by molar-refractivity contribution is 0.0879. The summed E-state index contributed by atoms with van der Waals surface area (Å²) in [5, 5.41) is 0. The van der Waals surface area contributed by atoms with E-state index in [4.69, 9.17) is 5.73 Å². The molecule has 2 nitrogen and oxygen atoms in total. The number of thioether (sulfide) groups is 1. The van der Waals surface area contributed by atoms with Crippen LogP contribution in [0.5, 0.6) is 0 Å². The van der Waals surface area contributed by atoms with Crippen LogP contribution in [0.15, 0.2) is 0 Å². The molecular weight excluding hydrogens is 240 g/mol. The topological polar surface area (TPSA) is 29.3 Å². The molecule has 2 atom stereocenters. The van der Waals surface area contributed by atoms with E-state index in [9.17, 15) is 0 Å². The minimum absolute atomic E-state index is 0.351. The van der Waals surface area contributed by atoms with E-state index < -0.39 is 0 Å². The molecule has 0 aromatic rings. The van der Waals surface area contributed by atoms with Gasteiger partial charge >= 0.3 is 0 Å². The van der Waals surface area contributed by atoms with Crippen LogP contribution >= 0.6 is 11.8 Å². The number of hydrogen-bond donors (Lipinski definition) is 1. The van der Waals surface area contributed by atoms with Crippen LogP contribution < -0.4 is 5.73 Å². The van der Waals surface area contributed by atoms with Crippen molar-refractivity contribution in [1.82, 2.24) is 4.90 Å². The Morgan fingerprint density at radius 1 is 1.22 bits per heavy atom. The van der Waals surface area contributed by atoms with Crippen molar-refractivity contribution in [2.75, 3.05) is 31.1 Å². The third-order valence-corrected chi connectivity index (χ3v) is 5.97. The zero-order valence-electron chi connectivity index (χ0n) is 12.0. The maximum Gasteiger partial charge on any atom is 0.0332 e. The van der Waals surface area contributed by atoms with E-state index in [0.717, 1.165) is 12.5 Å². The van der Waals surface area contributed by atoms with Crippen LogP contribution in [0.4, 0.5) is 0 Å². The predicted octanol–water partition coefficient (Wildman–Crippen LogP) is 3.11. The second kappa shape index (κ2) is 7.16. The molecule has 0 radical (unpaired) electrons. The lowest BCUT2D eigenvalue weighted by atomic mass is 9.87. The summed E-state index contributed by atoms with van der Waals surface area (Å²) in [7, 11) is 0. The first kappa shape index (κ1) is 14.7. The molecule has 1 heterocycles. The summed E-state index contributed by atoms with van der Waals surface area (Å²) in [6.07, 6.45) is 9.71. The molecule has 1 saturated heterocycles. The van der Waals surface area contributed by atoms with Crippen LogP contribution in [-0.2, 0) is 0 Å². The average Bonchev–Trinajstić information content (AvgIpc) is 2.64. The van der Waals surface area contributed by atoms with Gasteiger partial charge in [0.1, 0.15) is 0 Å². The quantitative estimate of drug-likeness (QED) is 0.796. The first-order valence-electron chi connectivity index (χ1n) is 7.83. The normalized spacial score (nSPS) is 35.3. The fourth-order valence-electron chi connectivity index (χ4n) is 3.85. The van der Waals surface area contributed by atoms with Gasteiger partial charge in [-0.3, -0.25) is 4.90 Å². The van der Waals surface area contributed by atoms with E-state index in [1.165, 1.54) is 69.5 Å². The molecule has 0 bridgehead atoms. The standard InChI is InChI=1S/C15H30N2S/c1-2-4-14-5-3-7-15(13-16,8-6-14)17-9-11-18-12-10-17/h14H,2-13,16H2,1H3. The Morgan fingerprint density at radius 3 is 2.67 bits per heavy atom. The molecule has 0 spiro atoms. The van der Waals surface area contributed by atoms with Gasteiger partial charge in [-0.25, -0.2) is 0 Å².